The predicted octanol–water partition coefficient (Wildman–Crippen LogP) is 3.44. The Hall–Kier alpha value is -2.14. The molecule has 1 aliphatic carbocycles. The molecule has 0 amide bonds. The topological polar surface area (TPSA) is 42.8 Å². The molecule has 0 saturated carbocycles. The van der Waals surface area contributed by atoms with Crippen molar-refractivity contribution in [2.45, 2.75) is 18.9 Å². The fourth-order valence-corrected chi connectivity index (χ4v) is 3.50. The highest BCUT2D eigenvalue weighted by atomic mass is 32.1. The van der Waals surface area contributed by atoms with Gasteiger partial charge in [0, 0.05) is 12.1 Å². The van der Waals surface area contributed by atoms with Crippen LogP contribution < -0.4 is 4.74 Å². The maximum absolute atomic E-state index is 5.51. The number of imidazole rings is 1. The van der Waals surface area contributed by atoms with Gasteiger partial charge in [0.15, 0.2) is 10.4 Å². The third kappa shape index (κ3) is 1.96. The normalized spacial score (nSPS) is 14.5. The van der Waals surface area contributed by atoms with E-state index in [0.717, 1.165) is 28.8 Å². The molecule has 4 nitrogen and oxygen atoms in total. The van der Waals surface area contributed by atoms with Gasteiger partial charge in [-0.2, -0.15) is 4.98 Å². The molecule has 0 fully saturated rings. The Balaban J connectivity index is 1.84. The maximum Gasteiger partial charge on any atom is 0.215 e. The standard InChI is InChI=1S/C16H15N3OS/c1-20-14-7-6-13-15(18-14)19(16(21)17-13)12-8-10-4-2-3-5-11(10)9-12/h2-7,12H,8-9H2,1H3,(H,17,21). The van der Waals surface area contributed by atoms with Crippen LogP contribution >= 0.6 is 12.2 Å². The summed E-state index contributed by atoms with van der Waals surface area (Å²) in [6, 6.07) is 12.7. The predicted molar refractivity (Wildman–Crippen MR) is 84.4 cm³/mol. The molecule has 2 aromatic heterocycles. The lowest BCUT2D eigenvalue weighted by Gasteiger charge is -2.12. The van der Waals surface area contributed by atoms with Crippen molar-refractivity contribution >= 4 is 23.4 Å². The highest BCUT2D eigenvalue weighted by molar-refractivity contribution is 7.71. The first kappa shape index (κ1) is 12.6. The Morgan fingerprint density at radius 1 is 1.19 bits per heavy atom. The van der Waals surface area contributed by atoms with Gasteiger partial charge in [0.25, 0.3) is 0 Å². The molecule has 0 spiro atoms. The molecule has 0 radical (unpaired) electrons. The van der Waals surface area contributed by atoms with E-state index in [4.69, 9.17) is 17.0 Å². The number of aromatic amines is 1. The number of nitrogens with zero attached hydrogens (tertiary/aromatic N) is 2. The zero-order valence-corrected chi connectivity index (χ0v) is 12.5. The zero-order valence-electron chi connectivity index (χ0n) is 11.7. The van der Waals surface area contributed by atoms with Gasteiger partial charge >= 0.3 is 0 Å². The molecule has 0 aliphatic heterocycles. The number of ether oxygens (including phenoxy) is 1. The minimum Gasteiger partial charge on any atom is -0.481 e. The Bertz CT molecular complexity index is 856. The SMILES string of the molecule is COc1ccc2[nH]c(=S)n(C3Cc4ccccc4C3)c2n1. The van der Waals surface area contributed by atoms with Crippen molar-refractivity contribution in [1.29, 1.82) is 0 Å². The summed E-state index contributed by atoms with van der Waals surface area (Å²) in [7, 11) is 1.63. The maximum atomic E-state index is 5.51. The van der Waals surface area contributed by atoms with Crippen molar-refractivity contribution in [3.63, 3.8) is 0 Å². The Morgan fingerprint density at radius 3 is 2.57 bits per heavy atom. The summed E-state index contributed by atoms with van der Waals surface area (Å²) in [5.41, 5.74) is 4.64. The minimum absolute atomic E-state index is 0.322. The minimum atomic E-state index is 0.322. The second-order valence-corrected chi connectivity index (χ2v) is 5.74. The molecule has 5 heteroatoms. The Kier molecular flexibility index (Phi) is 2.82. The van der Waals surface area contributed by atoms with Gasteiger partial charge < -0.3 is 9.72 Å². The van der Waals surface area contributed by atoms with Gasteiger partial charge in [-0.1, -0.05) is 24.3 Å². The Morgan fingerprint density at radius 2 is 1.90 bits per heavy atom. The van der Waals surface area contributed by atoms with E-state index in [1.165, 1.54) is 11.1 Å². The fraction of sp³-hybridized carbons (Fsp3) is 0.250. The molecule has 1 N–H and O–H groups in total. The molecule has 0 saturated heterocycles. The van der Waals surface area contributed by atoms with Crippen LogP contribution in [0.2, 0.25) is 0 Å². The molecule has 3 aromatic rings. The number of fused-ring (bicyclic) bond motifs is 2. The van der Waals surface area contributed by atoms with E-state index in [9.17, 15) is 0 Å². The van der Waals surface area contributed by atoms with Crippen LogP contribution in [0.5, 0.6) is 5.88 Å². The first-order valence-electron chi connectivity index (χ1n) is 6.98. The van der Waals surface area contributed by atoms with Crippen molar-refractivity contribution in [2.24, 2.45) is 0 Å². The molecule has 106 valence electrons. The second-order valence-electron chi connectivity index (χ2n) is 5.36. The summed E-state index contributed by atoms with van der Waals surface area (Å²) in [6.45, 7) is 0. The Labute approximate surface area is 127 Å². The highest BCUT2D eigenvalue weighted by Crippen LogP contribution is 2.32. The van der Waals surface area contributed by atoms with Crippen LogP contribution in [0.3, 0.4) is 0 Å². The quantitative estimate of drug-likeness (QED) is 0.737. The molecule has 2 heterocycles. The van der Waals surface area contributed by atoms with Crippen LogP contribution in [-0.4, -0.2) is 21.6 Å². The second kappa shape index (κ2) is 4.70. The van der Waals surface area contributed by atoms with E-state index < -0.39 is 0 Å². The number of rotatable bonds is 2. The molecule has 1 aliphatic rings. The lowest BCUT2D eigenvalue weighted by atomic mass is 10.1. The van der Waals surface area contributed by atoms with Crippen LogP contribution in [0.15, 0.2) is 36.4 Å². The van der Waals surface area contributed by atoms with E-state index >= 15 is 0 Å². The third-order valence-electron chi connectivity index (χ3n) is 4.14. The smallest absolute Gasteiger partial charge is 0.215 e. The monoisotopic (exact) mass is 297 g/mol. The van der Waals surface area contributed by atoms with E-state index in [1.807, 2.05) is 12.1 Å². The lowest BCUT2D eigenvalue weighted by Crippen LogP contribution is -2.09. The van der Waals surface area contributed by atoms with Crippen molar-refractivity contribution in [2.75, 3.05) is 7.11 Å². The van der Waals surface area contributed by atoms with E-state index in [1.54, 1.807) is 7.11 Å². The molecule has 0 atom stereocenters. The van der Waals surface area contributed by atoms with Crippen LogP contribution in [0, 0.1) is 4.77 Å². The highest BCUT2D eigenvalue weighted by Gasteiger charge is 2.25. The van der Waals surface area contributed by atoms with Crippen molar-refractivity contribution in [3.8, 4) is 5.88 Å². The molecule has 1 aromatic carbocycles. The number of H-pyrrole nitrogens is 1. The molecular formula is C16H15N3OS. The first-order chi connectivity index (χ1) is 10.3. The number of hydrogen-bond donors (Lipinski definition) is 1. The van der Waals surface area contributed by atoms with Crippen LogP contribution in [-0.2, 0) is 12.8 Å². The first-order valence-corrected chi connectivity index (χ1v) is 7.39. The van der Waals surface area contributed by atoms with E-state index in [0.29, 0.717) is 11.9 Å². The summed E-state index contributed by atoms with van der Waals surface area (Å²) in [4.78, 5) is 7.81. The summed E-state index contributed by atoms with van der Waals surface area (Å²) in [5, 5.41) is 0. The average Bonchev–Trinajstić information content (AvgIpc) is 3.05. The van der Waals surface area contributed by atoms with Gasteiger partial charge in [-0.15, -0.1) is 0 Å². The van der Waals surface area contributed by atoms with Crippen LogP contribution in [0.25, 0.3) is 11.2 Å². The van der Waals surface area contributed by atoms with E-state index in [2.05, 4.69) is 38.8 Å². The van der Waals surface area contributed by atoms with Crippen molar-refractivity contribution in [1.82, 2.24) is 14.5 Å². The number of hydrogen-bond acceptors (Lipinski definition) is 3. The van der Waals surface area contributed by atoms with Gasteiger partial charge in [0.1, 0.15) is 0 Å². The zero-order chi connectivity index (χ0) is 14.4. The van der Waals surface area contributed by atoms with Crippen LogP contribution in [0.4, 0.5) is 0 Å². The number of pyridine rings is 1. The third-order valence-corrected chi connectivity index (χ3v) is 4.44. The summed E-state index contributed by atoms with van der Waals surface area (Å²) >= 11 is 5.51. The average molecular weight is 297 g/mol. The fourth-order valence-electron chi connectivity index (χ4n) is 3.15. The number of methoxy groups -OCH3 is 1. The molecular weight excluding hydrogens is 282 g/mol. The molecule has 21 heavy (non-hydrogen) atoms. The number of nitrogens with one attached hydrogen (secondary N) is 1. The summed E-state index contributed by atoms with van der Waals surface area (Å²) < 4.78 is 8.10. The molecule has 4 rings (SSSR count). The summed E-state index contributed by atoms with van der Waals surface area (Å²) in [6.07, 6.45) is 1.99. The van der Waals surface area contributed by atoms with Crippen LogP contribution in [0.1, 0.15) is 17.2 Å². The van der Waals surface area contributed by atoms with Crippen molar-refractivity contribution < 1.29 is 4.74 Å². The summed E-state index contributed by atoms with van der Waals surface area (Å²) in [5.74, 6) is 0.612. The number of benzene rings is 1. The van der Waals surface area contributed by atoms with Gasteiger partial charge in [0.05, 0.1) is 12.6 Å². The largest absolute Gasteiger partial charge is 0.481 e. The number of aromatic nitrogens is 3. The van der Waals surface area contributed by atoms with Gasteiger partial charge in [-0.25, -0.2) is 0 Å². The van der Waals surface area contributed by atoms with Gasteiger partial charge in [0.2, 0.25) is 5.88 Å². The lowest BCUT2D eigenvalue weighted by molar-refractivity contribution is 0.398. The van der Waals surface area contributed by atoms with Gasteiger partial charge in [-0.05, 0) is 42.3 Å². The molecule has 0 unspecified atom stereocenters. The van der Waals surface area contributed by atoms with Crippen molar-refractivity contribution in [3.05, 3.63) is 52.3 Å². The van der Waals surface area contributed by atoms with E-state index in [-0.39, 0.29) is 0 Å². The van der Waals surface area contributed by atoms with Gasteiger partial charge in [-0.3, -0.25) is 4.57 Å². The molecule has 0 bridgehead atoms.